The van der Waals surface area contributed by atoms with Crippen LogP contribution < -0.4 is 25.9 Å². The summed E-state index contributed by atoms with van der Waals surface area (Å²) in [5.41, 5.74) is 2.03. The summed E-state index contributed by atoms with van der Waals surface area (Å²) in [5.74, 6) is 4.13. The molecule has 0 atom stereocenters. The maximum atomic E-state index is 4.24. The maximum absolute atomic E-state index is 4.24. The first-order valence-electron chi connectivity index (χ1n) is 21.9. The van der Waals surface area contributed by atoms with Crippen molar-refractivity contribution < 1.29 is 4.68 Å². The summed E-state index contributed by atoms with van der Waals surface area (Å²) in [6.07, 6.45) is 15.0. The number of hydrogen-bond donors (Lipinski definition) is 5. The highest BCUT2D eigenvalue weighted by atomic mass is 15.4. The van der Waals surface area contributed by atoms with Gasteiger partial charge in [0.25, 0.3) is 0 Å². The molecule has 8 rings (SSSR count). The van der Waals surface area contributed by atoms with Gasteiger partial charge in [-0.3, -0.25) is 4.98 Å². The number of nitrogens with one attached hydrogen (secondary N) is 5. The van der Waals surface area contributed by atoms with Crippen molar-refractivity contribution in [3.05, 3.63) is 123 Å². The molecule has 0 unspecified atom stereocenters. The summed E-state index contributed by atoms with van der Waals surface area (Å²) in [4.78, 5) is 32.4. The van der Waals surface area contributed by atoms with Crippen LogP contribution in [0.25, 0.3) is 23.0 Å². The van der Waals surface area contributed by atoms with Crippen LogP contribution in [0.2, 0.25) is 0 Å². The Morgan fingerprint density at radius 3 is 1.44 bits per heavy atom. The first-order valence-corrected chi connectivity index (χ1v) is 21.9. The lowest BCUT2D eigenvalue weighted by Gasteiger charge is -1.97. The summed E-state index contributed by atoms with van der Waals surface area (Å²) in [6.45, 7) is 27.3. The third-order valence-electron chi connectivity index (χ3n) is 7.00. The van der Waals surface area contributed by atoms with Crippen LogP contribution in [0.5, 0.6) is 0 Å². The van der Waals surface area contributed by atoms with E-state index in [0.29, 0.717) is 23.7 Å². The van der Waals surface area contributed by atoms with Gasteiger partial charge in [0.05, 0.1) is 5.69 Å². The van der Waals surface area contributed by atoms with Crippen LogP contribution in [0.1, 0.15) is 83.1 Å². The number of hydrogen-bond acceptors (Lipinski definition) is 15. The number of benzene rings is 1. The van der Waals surface area contributed by atoms with E-state index in [4.69, 9.17) is 0 Å². The molecule has 0 aliphatic heterocycles. The Hall–Kier alpha value is -7.64. The number of anilines is 4. The molecule has 0 aliphatic rings. The van der Waals surface area contributed by atoms with E-state index in [2.05, 4.69) is 81.5 Å². The minimum Gasteiger partial charge on any atom is -0.353 e. The molecule has 64 heavy (non-hydrogen) atoms. The summed E-state index contributed by atoms with van der Waals surface area (Å²) in [5, 5.41) is 27.9. The molecule has 20 heteroatoms. The number of H-pyrrole nitrogens is 1. The zero-order valence-electron chi connectivity index (χ0n) is 39.6. The van der Waals surface area contributed by atoms with E-state index in [9.17, 15) is 0 Å². The molecule has 0 spiro atoms. The van der Waals surface area contributed by atoms with Gasteiger partial charge in [0.1, 0.15) is 25.3 Å². The van der Waals surface area contributed by atoms with Gasteiger partial charge in [0.2, 0.25) is 17.8 Å². The zero-order valence-corrected chi connectivity index (χ0v) is 39.6. The van der Waals surface area contributed by atoms with Gasteiger partial charge in [-0.1, -0.05) is 79.7 Å². The molecule has 0 saturated heterocycles. The normalized spacial score (nSPS) is 9.19. The molecule has 20 nitrogen and oxygen atoms in total. The number of rotatable bonds is 12. The number of nitrogens with zero attached hydrogens (tertiary/aromatic N) is 15. The predicted octanol–water partition coefficient (Wildman–Crippen LogP) is 7.90. The molecule has 7 aromatic heterocycles. The van der Waals surface area contributed by atoms with Gasteiger partial charge in [-0.25, -0.2) is 43.9 Å². The SMILES string of the molecule is CC.CC.CC.CC.CCNc1nc[n+](-c2ccccc2)[nH]1.CCNc1ncn(-c2ccccn2)n1.CCNc1ncn(-c2ccncc2)n1.CCNc1ncn(-c2ccncn2)n1. The Balaban J connectivity index is 0.000000405. The topological polar surface area (TPSA) is 224 Å². The lowest BCUT2D eigenvalue weighted by atomic mass is 10.3. The molecule has 7 heterocycles. The molecule has 0 amide bonds. The third-order valence-corrected chi connectivity index (χ3v) is 7.00. The van der Waals surface area contributed by atoms with Gasteiger partial charge in [-0.15, -0.1) is 20.0 Å². The Kier molecular flexibility index (Phi) is 29.7. The van der Waals surface area contributed by atoms with Gasteiger partial charge < -0.3 is 21.3 Å². The summed E-state index contributed by atoms with van der Waals surface area (Å²) in [7, 11) is 0. The molecule has 0 radical (unpaired) electrons. The van der Waals surface area contributed by atoms with E-state index >= 15 is 0 Å². The van der Waals surface area contributed by atoms with Crippen molar-refractivity contribution in [3.8, 4) is 23.0 Å². The summed E-state index contributed by atoms with van der Waals surface area (Å²) < 4.78 is 6.81. The smallest absolute Gasteiger partial charge is 0.347 e. The molecule has 1 aromatic carbocycles. The molecule has 8 aromatic rings. The second kappa shape index (κ2) is 35.0. The first kappa shape index (κ1) is 54.4. The second-order valence-electron chi connectivity index (χ2n) is 11.0. The Morgan fingerprint density at radius 2 is 0.953 bits per heavy atom. The van der Waals surface area contributed by atoms with Crippen molar-refractivity contribution in [2.75, 3.05) is 47.4 Å². The van der Waals surface area contributed by atoms with Crippen LogP contribution in [-0.4, -0.2) is 100 Å². The van der Waals surface area contributed by atoms with E-state index in [1.54, 1.807) is 70.2 Å². The second-order valence-corrected chi connectivity index (χ2v) is 11.0. The van der Waals surface area contributed by atoms with Crippen molar-refractivity contribution in [2.45, 2.75) is 83.1 Å². The lowest BCUT2D eigenvalue weighted by Crippen LogP contribution is -2.31. The van der Waals surface area contributed by atoms with Crippen molar-refractivity contribution >= 4 is 23.8 Å². The minimum atomic E-state index is 0.603. The number of aromatic amines is 1. The molecular formula is C44H69N20+. The zero-order chi connectivity index (χ0) is 47.2. The largest absolute Gasteiger partial charge is 0.353 e. The van der Waals surface area contributed by atoms with Crippen LogP contribution in [0, 0.1) is 0 Å². The van der Waals surface area contributed by atoms with Crippen LogP contribution in [0.4, 0.5) is 23.8 Å². The van der Waals surface area contributed by atoms with Gasteiger partial charge in [0, 0.05) is 57.0 Å². The molecule has 344 valence electrons. The average molecular weight is 878 g/mol. The fraction of sp³-hybridized carbons (Fsp3) is 0.364. The number of aromatic nitrogens is 16. The number of pyridine rings is 2. The predicted molar refractivity (Wildman–Crippen MR) is 257 cm³/mol. The fourth-order valence-corrected chi connectivity index (χ4v) is 4.52. The van der Waals surface area contributed by atoms with Crippen LogP contribution in [0.3, 0.4) is 0 Å². The maximum Gasteiger partial charge on any atom is 0.347 e. The van der Waals surface area contributed by atoms with E-state index in [1.807, 2.05) is 148 Å². The van der Waals surface area contributed by atoms with Gasteiger partial charge in [-0.05, 0) is 69.1 Å². The quantitative estimate of drug-likeness (QED) is 0.0736. The van der Waals surface area contributed by atoms with Crippen LogP contribution in [0.15, 0.2) is 123 Å². The van der Waals surface area contributed by atoms with Gasteiger partial charge >= 0.3 is 12.3 Å². The molecule has 5 N–H and O–H groups in total. The monoisotopic (exact) mass is 878 g/mol. The van der Waals surface area contributed by atoms with Crippen molar-refractivity contribution in [1.82, 2.24) is 74.3 Å². The highest BCUT2D eigenvalue weighted by Gasteiger charge is 2.08. The van der Waals surface area contributed by atoms with E-state index in [1.165, 1.54) is 6.33 Å². The summed E-state index contributed by atoms with van der Waals surface area (Å²) >= 11 is 0. The average Bonchev–Trinajstić information content (AvgIpc) is 4.24. The van der Waals surface area contributed by atoms with Crippen molar-refractivity contribution in [3.63, 3.8) is 0 Å². The molecule has 0 saturated carbocycles. The standard InChI is InChI=1S/C10H12N4.2C9H11N5.C8H10N6.4C2H6/c1-2-11-10-12-8-14(13-10)9-6-4-3-5-7-9;1-2-11-9-12-7-14(13-9)8-3-5-10-6-4-8;1-2-10-9-12-7-14(13-9)8-5-3-4-6-11-8;1-2-10-8-12-6-14(13-8)7-3-4-9-5-11-7;4*1-2/h3-8H,2H2,1H3,(H,11,13);3-7H,2H2,1H3,(H,11,13);3-7H,2H2,1H3,(H,10,13);3-6H,2H2,1H3,(H,10,13);4*1-2H3/p+1. The molecule has 0 bridgehead atoms. The van der Waals surface area contributed by atoms with Crippen LogP contribution in [-0.2, 0) is 0 Å². The van der Waals surface area contributed by atoms with Crippen LogP contribution >= 0.6 is 0 Å². The van der Waals surface area contributed by atoms with E-state index in [0.717, 1.165) is 49.3 Å². The number of para-hydroxylation sites is 1. The van der Waals surface area contributed by atoms with Crippen molar-refractivity contribution in [2.24, 2.45) is 0 Å². The van der Waals surface area contributed by atoms with Gasteiger partial charge in [-0.2, -0.15) is 5.10 Å². The molecular weight excluding hydrogens is 809 g/mol. The summed E-state index contributed by atoms with van der Waals surface area (Å²) in [6, 6.07) is 21.2. The fourth-order valence-electron chi connectivity index (χ4n) is 4.52. The lowest BCUT2D eigenvalue weighted by molar-refractivity contribution is -0.655. The van der Waals surface area contributed by atoms with Gasteiger partial charge in [0.15, 0.2) is 17.3 Å². The van der Waals surface area contributed by atoms with E-state index in [-0.39, 0.29) is 0 Å². The van der Waals surface area contributed by atoms with Crippen molar-refractivity contribution in [1.29, 1.82) is 0 Å². The minimum absolute atomic E-state index is 0.603. The third kappa shape index (κ3) is 19.8. The Labute approximate surface area is 378 Å². The Morgan fingerprint density at radius 1 is 0.469 bits per heavy atom. The first-order chi connectivity index (χ1) is 31.6. The Bertz CT molecular complexity index is 1900. The van der Waals surface area contributed by atoms with E-state index < -0.39 is 0 Å². The highest BCUT2D eigenvalue weighted by Crippen LogP contribution is 2.06. The molecule has 0 fully saturated rings. The highest BCUT2D eigenvalue weighted by molar-refractivity contribution is 5.31. The molecule has 0 aliphatic carbocycles.